The summed E-state index contributed by atoms with van der Waals surface area (Å²) < 4.78 is 0. The predicted octanol–water partition coefficient (Wildman–Crippen LogP) is 0.727. The van der Waals surface area contributed by atoms with E-state index in [2.05, 4.69) is 15.6 Å². The Hall–Kier alpha value is -1.60. The lowest BCUT2D eigenvalue weighted by molar-refractivity contribution is 0.788. The molecule has 1 aromatic rings. The van der Waals surface area contributed by atoms with Crippen molar-refractivity contribution in [1.82, 2.24) is 10.3 Å². The van der Waals surface area contributed by atoms with E-state index in [-0.39, 0.29) is 0 Å². The zero-order chi connectivity index (χ0) is 9.80. The standard InChI is InChI=1S/C10H12N4/c11-5-8-1-2-10(13-6-8)14-9-3-4-12-7-9/h1-2,6,9,12H,3-4,7H2,(H,13,14)/t9-/m1/s1. The van der Waals surface area contributed by atoms with E-state index in [1.165, 1.54) is 0 Å². The van der Waals surface area contributed by atoms with Crippen LogP contribution in [-0.4, -0.2) is 24.1 Å². The Morgan fingerprint density at radius 1 is 1.57 bits per heavy atom. The fourth-order valence-electron chi connectivity index (χ4n) is 1.53. The molecule has 0 bridgehead atoms. The molecule has 0 spiro atoms. The zero-order valence-corrected chi connectivity index (χ0v) is 7.83. The second kappa shape index (κ2) is 4.07. The van der Waals surface area contributed by atoms with Gasteiger partial charge >= 0.3 is 0 Å². The van der Waals surface area contributed by atoms with Crippen LogP contribution in [0.4, 0.5) is 5.82 Å². The minimum Gasteiger partial charge on any atom is -0.366 e. The summed E-state index contributed by atoms with van der Waals surface area (Å²) in [5, 5.41) is 15.2. The second-order valence-corrected chi connectivity index (χ2v) is 3.38. The third-order valence-corrected chi connectivity index (χ3v) is 2.30. The number of hydrogen-bond acceptors (Lipinski definition) is 4. The van der Waals surface area contributed by atoms with Crippen LogP contribution in [0.25, 0.3) is 0 Å². The lowest BCUT2D eigenvalue weighted by Crippen LogP contribution is -2.22. The van der Waals surface area contributed by atoms with Gasteiger partial charge in [0.25, 0.3) is 0 Å². The molecule has 72 valence electrons. The van der Waals surface area contributed by atoms with Gasteiger partial charge in [-0.15, -0.1) is 0 Å². The van der Waals surface area contributed by atoms with E-state index in [9.17, 15) is 0 Å². The molecule has 1 aromatic heterocycles. The van der Waals surface area contributed by atoms with Gasteiger partial charge in [-0.2, -0.15) is 5.26 Å². The van der Waals surface area contributed by atoms with Gasteiger partial charge in [0.2, 0.25) is 0 Å². The number of nitriles is 1. The van der Waals surface area contributed by atoms with Crippen LogP contribution in [0.15, 0.2) is 18.3 Å². The monoisotopic (exact) mass is 188 g/mol. The minimum absolute atomic E-state index is 0.468. The van der Waals surface area contributed by atoms with Crippen LogP contribution < -0.4 is 10.6 Å². The van der Waals surface area contributed by atoms with Crippen LogP contribution in [-0.2, 0) is 0 Å². The Balaban J connectivity index is 1.99. The van der Waals surface area contributed by atoms with Gasteiger partial charge in [-0.3, -0.25) is 0 Å². The predicted molar refractivity (Wildman–Crippen MR) is 53.8 cm³/mol. The fourth-order valence-corrected chi connectivity index (χ4v) is 1.53. The average Bonchev–Trinajstić information content (AvgIpc) is 2.72. The van der Waals surface area contributed by atoms with Crippen molar-refractivity contribution in [3.63, 3.8) is 0 Å². The molecule has 2 N–H and O–H groups in total. The van der Waals surface area contributed by atoms with Gasteiger partial charge in [0.15, 0.2) is 0 Å². The molecule has 2 rings (SSSR count). The van der Waals surface area contributed by atoms with E-state index in [0.717, 1.165) is 25.3 Å². The van der Waals surface area contributed by atoms with Crippen LogP contribution in [0.5, 0.6) is 0 Å². The number of anilines is 1. The van der Waals surface area contributed by atoms with Gasteiger partial charge in [0.1, 0.15) is 11.9 Å². The summed E-state index contributed by atoms with van der Waals surface area (Å²) in [6.07, 6.45) is 2.71. The summed E-state index contributed by atoms with van der Waals surface area (Å²) in [5.41, 5.74) is 0.597. The number of rotatable bonds is 2. The van der Waals surface area contributed by atoms with Crippen LogP contribution in [0.2, 0.25) is 0 Å². The molecule has 0 radical (unpaired) electrons. The van der Waals surface area contributed by atoms with Gasteiger partial charge < -0.3 is 10.6 Å². The molecule has 4 heteroatoms. The van der Waals surface area contributed by atoms with Gasteiger partial charge in [0, 0.05) is 18.8 Å². The van der Waals surface area contributed by atoms with Crippen molar-refractivity contribution < 1.29 is 0 Å². The normalized spacial score (nSPS) is 20.4. The lowest BCUT2D eigenvalue weighted by atomic mass is 10.2. The number of hydrogen-bond donors (Lipinski definition) is 2. The first kappa shape index (κ1) is 8.97. The molecule has 0 aromatic carbocycles. The number of nitrogens with zero attached hydrogens (tertiary/aromatic N) is 2. The summed E-state index contributed by atoms with van der Waals surface area (Å²) in [6, 6.07) is 6.13. The number of nitrogens with one attached hydrogen (secondary N) is 2. The highest BCUT2D eigenvalue weighted by molar-refractivity contribution is 5.39. The van der Waals surface area contributed by atoms with Crippen molar-refractivity contribution in [3.8, 4) is 6.07 Å². The van der Waals surface area contributed by atoms with Crippen LogP contribution in [0.3, 0.4) is 0 Å². The highest BCUT2D eigenvalue weighted by atomic mass is 15.1. The largest absolute Gasteiger partial charge is 0.366 e. The van der Waals surface area contributed by atoms with Gasteiger partial charge in [0.05, 0.1) is 5.56 Å². The molecule has 0 aliphatic carbocycles. The third kappa shape index (κ3) is 2.01. The Morgan fingerprint density at radius 3 is 3.07 bits per heavy atom. The topological polar surface area (TPSA) is 60.7 Å². The van der Waals surface area contributed by atoms with Crippen LogP contribution in [0, 0.1) is 11.3 Å². The highest BCUT2D eigenvalue weighted by Gasteiger charge is 2.13. The van der Waals surface area contributed by atoms with Crippen molar-refractivity contribution in [1.29, 1.82) is 5.26 Å². The summed E-state index contributed by atoms with van der Waals surface area (Å²) in [5.74, 6) is 0.845. The van der Waals surface area contributed by atoms with Crippen molar-refractivity contribution in [2.24, 2.45) is 0 Å². The average molecular weight is 188 g/mol. The first-order chi connectivity index (χ1) is 6.88. The van der Waals surface area contributed by atoms with E-state index in [1.54, 1.807) is 12.3 Å². The highest BCUT2D eigenvalue weighted by Crippen LogP contribution is 2.08. The van der Waals surface area contributed by atoms with Crippen molar-refractivity contribution >= 4 is 5.82 Å². The Bertz CT molecular complexity index is 332. The first-order valence-electron chi connectivity index (χ1n) is 4.72. The molecule has 2 heterocycles. The van der Waals surface area contributed by atoms with Crippen LogP contribution >= 0.6 is 0 Å². The maximum atomic E-state index is 8.59. The SMILES string of the molecule is N#Cc1ccc(N[C@@H]2CCNC2)nc1. The fraction of sp³-hybridized carbons (Fsp3) is 0.400. The van der Waals surface area contributed by atoms with E-state index in [4.69, 9.17) is 5.26 Å². The van der Waals surface area contributed by atoms with E-state index >= 15 is 0 Å². The molecule has 14 heavy (non-hydrogen) atoms. The maximum Gasteiger partial charge on any atom is 0.126 e. The summed E-state index contributed by atoms with van der Waals surface area (Å²) in [4.78, 5) is 4.15. The lowest BCUT2D eigenvalue weighted by Gasteiger charge is -2.11. The molecule has 0 unspecified atom stereocenters. The number of pyridine rings is 1. The molecule has 0 saturated carbocycles. The van der Waals surface area contributed by atoms with Gasteiger partial charge in [-0.25, -0.2) is 4.98 Å². The zero-order valence-electron chi connectivity index (χ0n) is 7.83. The van der Waals surface area contributed by atoms with Crippen molar-refractivity contribution in [3.05, 3.63) is 23.9 Å². The quantitative estimate of drug-likeness (QED) is 0.718. The Kier molecular flexibility index (Phi) is 2.61. The van der Waals surface area contributed by atoms with Crippen LogP contribution in [0.1, 0.15) is 12.0 Å². The van der Waals surface area contributed by atoms with E-state index in [0.29, 0.717) is 11.6 Å². The summed E-state index contributed by atoms with van der Waals surface area (Å²) in [7, 11) is 0. The minimum atomic E-state index is 0.468. The van der Waals surface area contributed by atoms with Crippen molar-refractivity contribution in [2.45, 2.75) is 12.5 Å². The molecular weight excluding hydrogens is 176 g/mol. The molecule has 0 amide bonds. The third-order valence-electron chi connectivity index (χ3n) is 2.30. The summed E-state index contributed by atoms with van der Waals surface area (Å²) >= 11 is 0. The number of aromatic nitrogens is 1. The van der Waals surface area contributed by atoms with Crippen molar-refractivity contribution in [2.75, 3.05) is 18.4 Å². The van der Waals surface area contributed by atoms with Gasteiger partial charge in [-0.05, 0) is 25.1 Å². The molecule has 1 atom stereocenters. The Labute approximate surface area is 83.0 Å². The molecule has 1 aliphatic rings. The van der Waals surface area contributed by atoms with Gasteiger partial charge in [-0.1, -0.05) is 0 Å². The molecule has 1 fully saturated rings. The van der Waals surface area contributed by atoms with E-state index < -0.39 is 0 Å². The summed E-state index contributed by atoms with van der Waals surface area (Å²) in [6.45, 7) is 2.05. The molecule has 4 nitrogen and oxygen atoms in total. The maximum absolute atomic E-state index is 8.59. The molecule has 1 aliphatic heterocycles. The van der Waals surface area contributed by atoms with E-state index in [1.807, 2.05) is 12.1 Å². The smallest absolute Gasteiger partial charge is 0.126 e. The molecular formula is C10H12N4. The molecule has 1 saturated heterocycles. The first-order valence-corrected chi connectivity index (χ1v) is 4.72. The second-order valence-electron chi connectivity index (χ2n) is 3.38. The Morgan fingerprint density at radius 2 is 2.50 bits per heavy atom.